The maximum absolute atomic E-state index is 13.6. The number of likely N-dealkylation sites (N-methyl/N-ethyl adjacent to an activating group) is 1. The first-order valence-electron chi connectivity index (χ1n) is 8.73. The highest BCUT2D eigenvalue weighted by atomic mass is 19.1. The van der Waals surface area contributed by atoms with Gasteiger partial charge in [-0.25, -0.2) is 4.39 Å². The van der Waals surface area contributed by atoms with E-state index in [2.05, 4.69) is 17.0 Å². The molecule has 1 aliphatic heterocycles. The molecule has 0 N–H and O–H groups in total. The lowest BCUT2D eigenvalue weighted by atomic mass is 10.1. The summed E-state index contributed by atoms with van der Waals surface area (Å²) in [4.78, 5) is 16.1. The van der Waals surface area contributed by atoms with Gasteiger partial charge in [-0.3, -0.25) is 4.79 Å². The predicted octanol–water partition coefficient (Wildman–Crippen LogP) is 3.33. The van der Waals surface area contributed by atoms with E-state index in [4.69, 9.17) is 4.74 Å². The van der Waals surface area contributed by atoms with E-state index >= 15 is 0 Å². The smallest absolute Gasteiger partial charge is 0.246 e. The number of nitrogens with zero attached hydrogens (tertiary/aromatic N) is 2. The Morgan fingerprint density at radius 2 is 1.85 bits per heavy atom. The van der Waals surface area contributed by atoms with Crippen molar-refractivity contribution in [2.24, 2.45) is 0 Å². The van der Waals surface area contributed by atoms with Crippen molar-refractivity contribution in [3.8, 4) is 0 Å². The molecule has 4 nitrogen and oxygen atoms in total. The largest absolute Gasteiger partial charge is 0.378 e. The van der Waals surface area contributed by atoms with Gasteiger partial charge in [-0.2, -0.15) is 0 Å². The van der Waals surface area contributed by atoms with E-state index in [0.717, 1.165) is 31.9 Å². The Morgan fingerprint density at radius 3 is 2.54 bits per heavy atom. The monoisotopic (exact) mass is 354 g/mol. The van der Waals surface area contributed by atoms with Gasteiger partial charge in [0.1, 0.15) is 5.82 Å². The number of carbonyl (C=O) groups is 1. The van der Waals surface area contributed by atoms with Crippen molar-refractivity contribution in [2.45, 2.75) is 6.54 Å². The maximum atomic E-state index is 13.6. The van der Waals surface area contributed by atoms with Crippen LogP contribution in [0.15, 0.2) is 54.6 Å². The zero-order valence-corrected chi connectivity index (χ0v) is 14.9. The van der Waals surface area contributed by atoms with Crippen molar-refractivity contribution < 1.29 is 13.9 Å². The molecule has 136 valence electrons. The minimum absolute atomic E-state index is 0.162. The van der Waals surface area contributed by atoms with Crippen molar-refractivity contribution in [2.75, 3.05) is 38.3 Å². The summed E-state index contributed by atoms with van der Waals surface area (Å²) in [5.74, 6) is -0.497. The molecule has 0 bridgehead atoms. The SMILES string of the molecule is CN(Cc1ccc(N2CCOCC2)cc1)C(=O)/C=C/c1ccccc1F. The number of carbonyl (C=O) groups excluding carboxylic acids is 1. The standard InChI is InChI=1S/C21H23FN2O2/c1-23(21(25)11-8-18-4-2-3-5-20(18)22)16-17-6-9-19(10-7-17)24-12-14-26-15-13-24/h2-11H,12-16H2,1H3/b11-8+. The van der Waals surface area contributed by atoms with Crippen molar-refractivity contribution in [1.29, 1.82) is 0 Å². The maximum Gasteiger partial charge on any atom is 0.246 e. The Hall–Kier alpha value is -2.66. The van der Waals surface area contributed by atoms with E-state index in [1.165, 1.54) is 23.9 Å². The fourth-order valence-electron chi connectivity index (χ4n) is 2.88. The summed E-state index contributed by atoms with van der Waals surface area (Å²) in [6, 6.07) is 14.6. The van der Waals surface area contributed by atoms with Crippen LogP contribution in [0.5, 0.6) is 0 Å². The second-order valence-electron chi connectivity index (χ2n) is 6.32. The molecule has 1 aliphatic rings. The lowest BCUT2D eigenvalue weighted by Gasteiger charge is -2.29. The number of rotatable bonds is 5. The second-order valence-corrected chi connectivity index (χ2v) is 6.32. The highest BCUT2D eigenvalue weighted by Gasteiger charge is 2.11. The van der Waals surface area contributed by atoms with Gasteiger partial charge in [0.2, 0.25) is 5.91 Å². The molecule has 3 rings (SSSR count). The van der Waals surface area contributed by atoms with Crippen molar-refractivity contribution in [3.05, 3.63) is 71.6 Å². The highest BCUT2D eigenvalue weighted by Crippen LogP contribution is 2.17. The number of benzene rings is 2. The minimum Gasteiger partial charge on any atom is -0.378 e. The number of hydrogen-bond acceptors (Lipinski definition) is 3. The topological polar surface area (TPSA) is 32.8 Å². The van der Waals surface area contributed by atoms with Crippen LogP contribution in [-0.4, -0.2) is 44.2 Å². The third-order valence-corrected chi connectivity index (χ3v) is 4.42. The summed E-state index contributed by atoms with van der Waals surface area (Å²) in [5, 5.41) is 0. The summed E-state index contributed by atoms with van der Waals surface area (Å²) in [6.07, 6.45) is 2.91. The summed E-state index contributed by atoms with van der Waals surface area (Å²) in [7, 11) is 1.74. The molecule has 1 amide bonds. The molecule has 1 heterocycles. The summed E-state index contributed by atoms with van der Waals surface area (Å²) in [6.45, 7) is 3.82. The average Bonchev–Trinajstić information content (AvgIpc) is 2.68. The van der Waals surface area contributed by atoms with Gasteiger partial charge in [0, 0.05) is 44.0 Å². The Balaban J connectivity index is 1.57. The Labute approximate surface area is 153 Å². The second kappa shape index (κ2) is 8.63. The quantitative estimate of drug-likeness (QED) is 0.772. The van der Waals surface area contributed by atoms with E-state index in [0.29, 0.717) is 12.1 Å². The first-order valence-corrected chi connectivity index (χ1v) is 8.73. The minimum atomic E-state index is -0.335. The molecule has 0 aliphatic carbocycles. The molecule has 26 heavy (non-hydrogen) atoms. The van der Waals surface area contributed by atoms with Crippen molar-refractivity contribution >= 4 is 17.7 Å². The number of halogens is 1. The van der Waals surface area contributed by atoms with Crippen LogP contribution >= 0.6 is 0 Å². The van der Waals surface area contributed by atoms with Crippen molar-refractivity contribution in [1.82, 2.24) is 4.90 Å². The number of anilines is 1. The summed E-state index contributed by atoms with van der Waals surface area (Å²) < 4.78 is 19.0. The molecule has 2 aromatic rings. The van der Waals surface area contributed by atoms with Gasteiger partial charge < -0.3 is 14.5 Å². The summed E-state index contributed by atoms with van der Waals surface area (Å²) in [5.41, 5.74) is 2.63. The number of ether oxygens (including phenoxy) is 1. The molecule has 2 aromatic carbocycles. The fraction of sp³-hybridized carbons (Fsp3) is 0.286. The molecule has 5 heteroatoms. The van der Waals surface area contributed by atoms with Gasteiger partial charge in [0.05, 0.1) is 13.2 Å². The molecule has 0 atom stereocenters. The predicted molar refractivity (Wildman–Crippen MR) is 101 cm³/mol. The van der Waals surface area contributed by atoms with Crippen LogP contribution < -0.4 is 4.90 Å². The van der Waals surface area contributed by atoms with Crippen LogP contribution in [0.25, 0.3) is 6.08 Å². The van der Waals surface area contributed by atoms with Crippen LogP contribution in [0.3, 0.4) is 0 Å². The number of amides is 1. The van der Waals surface area contributed by atoms with Gasteiger partial charge in [-0.1, -0.05) is 30.3 Å². The van der Waals surface area contributed by atoms with Crippen LogP contribution in [0, 0.1) is 5.82 Å². The fourth-order valence-corrected chi connectivity index (χ4v) is 2.88. The van der Waals surface area contributed by atoms with Gasteiger partial charge in [0.15, 0.2) is 0 Å². The van der Waals surface area contributed by atoms with E-state index in [1.807, 2.05) is 12.1 Å². The van der Waals surface area contributed by atoms with Gasteiger partial charge in [-0.15, -0.1) is 0 Å². The van der Waals surface area contributed by atoms with Gasteiger partial charge in [-0.05, 0) is 29.8 Å². The van der Waals surface area contributed by atoms with E-state index in [-0.39, 0.29) is 11.7 Å². The van der Waals surface area contributed by atoms with Crippen LogP contribution in [0.2, 0.25) is 0 Å². The molecule has 1 fully saturated rings. The molecule has 0 aromatic heterocycles. The molecule has 0 radical (unpaired) electrons. The van der Waals surface area contributed by atoms with E-state index in [9.17, 15) is 9.18 Å². The molecule has 0 saturated carbocycles. The molecule has 0 unspecified atom stereocenters. The average molecular weight is 354 g/mol. The molecule has 1 saturated heterocycles. The van der Waals surface area contributed by atoms with Crippen LogP contribution in [0.1, 0.15) is 11.1 Å². The van der Waals surface area contributed by atoms with Crippen LogP contribution in [0.4, 0.5) is 10.1 Å². The number of morpholine rings is 1. The lowest BCUT2D eigenvalue weighted by molar-refractivity contribution is -0.125. The molecule has 0 spiro atoms. The third kappa shape index (κ3) is 4.70. The highest BCUT2D eigenvalue weighted by molar-refractivity contribution is 5.91. The third-order valence-electron chi connectivity index (χ3n) is 4.42. The number of hydrogen-bond donors (Lipinski definition) is 0. The van der Waals surface area contributed by atoms with Gasteiger partial charge in [0.25, 0.3) is 0 Å². The normalized spacial score (nSPS) is 14.6. The van der Waals surface area contributed by atoms with Gasteiger partial charge >= 0.3 is 0 Å². The first kappa shape index (κ1) is 18.1. The first-order chi connectivity index (χ1) is 12.6. The Morgan fingerprint density at radius 1 is 1.15 bits per heavy atom. The molecular formula is C21H23FN2O2. The molecular weight excluding hydrogens is 331 g/mol. The Bertz CT molecular complexity index is 768. The van der Waals surface area contributed by atoms with E-state index < -0.39 is 0 Å². The van der Waals surface area contributed by atoms with Crippen LogP contribution in [-0.2, 0) is 16.1 Å². The lowest BCUT2D eigenvalue weighted by Crippen LogP contribution is -2.36. The van der Waals surface area contributed by atoms with E-state index in [1.54, 1.807) is 30.1 Å². The zero-order chi connectivity index (χ0) is 18.4. The zero-order valence-electron chi connectivity index (χ0n) is 14.9. The Kier molecular flexibility index (Phi) is 6.02. The van der Waals surface area contributed by atoms with Crippen molar-refractivity contribution in [3.63, 3.8) is 0 Å². The summed E-state index contributed by atoms with van der Waals surface area (Å²) >= 11 is 0.